The Hall–Kier alpha value is -2.59. The molecule has 2 aromatic carbocycles. The van der Waals surface area contributed by atoms with E-state index in [-0.39, 0.29) is 12.1 Å². The number of hydrogen-bond acceptors (Lipinski definition) is 3. The van der Waals surface area contributed by atoms with Gasteiger partial charge in [-0.1, -0.05) is 72.8 Å². The molecule has 4 heteroatoms. The van der Waals surface area contributed by atoms with Crippen molar-refractivity contribution < 1.29 is 14.4 Å². The van der Waals surface area contributed by atoms with Gasteiger partial charge in [0.2, 0.25) is 0 Å². The molecule has 2 aromatic rings. The van der Waals surface area contributed by atoms with Crippen LogP contribution < -0.4 is 0 Å². The topological polar surface area (TPSA) is 38.8 Å². The molecule has 25 heavy (non-hydrogen) atoms. The van der Waals surface area contributed by atoms with Crippen LogP contribution >= 0.6 is 0 Å². The Labute approximate surface area is 148 Å². The van der Waals surface area contributed by atoms with Crippen molar-refractivity contribution in [2.45, 2.75) is 38.5 Å². The van der Waals surface area contributed by atoms with Crippen molar-refractivity contribution in [3.05, 3.63) is 83.9 Å². The van der Waals surface area contributed by atoms with E-state index in [2.05, 4.69) is 0 Å². The number of carbonyl (C=O) groups excluding carboxylic acids is 1. The summed E-state index contributed by atoms with van der Waals surface area (Å²) < 4.78 is 5.54. The van der Waals surface area contributed by atoms with Crippen molar-refractivity contribution >= 4 is 6.09 Å². The molecule has 3 rings (SSSR count). The minimum absolute atomic E-state index is 0.323. The number of amides is 1. The minimum Gasteiger partial charge on any atom is -0.442 e. The normalized spacial score (nSPS) is 20.4. The van der Waals surface area contributed by atoms with Gasteiger partial charge in [-0.05, 0) is 31.9 Å². The largest absolute Gasteiger partial charge is 0.442 e. The van der Waals surface area contributed by atoms with Crippen molar-refractivity contribution in [2.75, 3.05) is 0 Å². The number of hydroxylamine groups is 2. The maximum absolute atomic E-state index is 12.7. The van der Waals surface area contributed by atoms with E-state index in [4.69, 9.17) is 9.57 Å². The van der Waals surface area contributed by atoms with Crippen LogP contribution in [-0.4, -0.2) is 16.8 Å². The first-order valence-corrected chi connectivity index (χ1v) is 8.41. The summed E-state index contributed by atoms with van der Waals surface area (Å²) in [5.41, 5.74) is 1.36. The first kappa shape index (κ1) is 17.2. The lowest BCUT2D eigenvalue weighted by Crippen LogP contribution is -2.41. The second-order valence-electron chi connectivity index (χ2n) is 6.98. The summed E-state index contributed by atoms with van der Waals surface area (Å²) in [7, 11) is 0. The van der Waals surface area contributed by atoms with E-state index in [0.29, 0.717) is 0 Å². The number of hydrogen-bond donors (Lipinski definition) is 0. The number of benzene rings is 2. The predicted molar refractivity (Wildman–Crippen MR) is 96.7 cm³/mol. The third-order valence-corrected chi connectivity index (χ3v) is 3.79. The molecule has 0 N–H and O–H groups in total. The highest BCUT2D eigenvalue weighted by Crippen LogP contribution is 2.34. The minimum atomic E-state index is -0.592. The molecule has 0 aliphatic carbocycles. The molecule has 1 heterocycles. The molecule has 1 aliphatic heterocycles. The van der Waals surface area contributed by atoms with Gasteiger partial charge in [0, 0.05) is 0 Å². The molecule has 0 saturated carbocycles. The van der Waals surface area contributed by atoms with Crippen molar-refractivity contribution in [3.8, 4) is 0 Å². The van der Waals surface area contributed by atoms with Gasteiger partial charge in [0.15, 0.2) is 0 Å². The Morgan fingerprint density at radius 1 is 0.920 bits per heavy atom. The molecular formula is C21H23NO3. The van der Waals surface area contributed by atoms with Crippen molar-refractivity contribution in [1.82, 2.24) is 5.06 Å². The van der Waals surface area contributed by atoms with Gasteiger partial charge in [0.1, 0.15) is 17.7 Å². The van der Waals surface area contributed by atoms with Gasteiger partial charge in [-0.3, -0.25) is 4.84 Å². The highest BCUT2D eigenvalue weighted by atomic mass is 16.7. The van der Waals surface area contributed by atoms with E-state index in [0.717, 1.165) is 11.1 Å². The zero-order valence-electron chi connectivity index (χ0n) is 14.8. The number of nitrogens with zero attached hydrogens (tertiary/aromatic N) is 1. The van der Waals surface area contributed by atoms with Gasteiger partial charge >= 0.3 is 6.09 Å². The van der Waals surface area contributed by atoms with Crippen LogP contribution in [0.3, 0.4) is 0 Å². The summed E-state index contributed by atoms with van der Waals surface area (Å²) in [4.78, 5) is 18.7. The molecule has 1 aliphatic rings. The average molecular weight is 337 g/mol. The van der Waals surface area contributed by atoms with E-state index in [9.17, 15) is 4.79 Å². The second-order valence-corrected chi connectivity index (χ2v) is 6.98. The van der Waals surface area contributed by atoms with E-state index in [1.165, 1.54) is 5.06 Å². The van der Waals surface area contributed by atoms with Crippen LogP contribution in [0.15, 0.2) is 72.8 Å². The van der Waals surface area contributed by atoms with Crippen molar-refractivity contribution in [1.29, 1.82) is 0 Å². The van der Waals surface area contributed by atoms with Gasteiger partial charge in [-0.2, -0.15) is 5.06 Å². The van der Waals surface area contributed by atoms with Gasteiger partial charge < -0.3 is 4.74 Å². The Kier molecular flexibility index (Phi) is 4.91. The molecule has 0 bridgehead atoms. The number of rotatable bonds is 2. The third kappa shape index (κ3) is 4.28. The lowest BCUT2D eigenvalue weighted by atomic mass is 10.0. The van der Waals surface area contributed by atoms with E-state index >= 15 is 0 Å². The smallest absolute Gasteiger partial charge is 0.435 e. The maximum atomic E-state index is 12.7. The molecule has 0 spiro atoms. The van der Waals surface area contributed by atoms with Crippen LogP contribution in [0.4, 0.5) is 4.79 Å². The SMILES string of the molecule is CC(C)(C)OC(=O)N1O[C@H](c2ccccc2)C=C[C@@H]1c1ccccc1. The summed E-state index contributed by atoms with van der Waals surface area (Å²) in [5, 5.41) is 1.33. The first-order chi connectivity index (χ1) is 11.9. The van der Waals surface area contributed by atoms with Crippen molar-refractivity contribution in [3.63, 3.8) is 0 Å². The lowest BCUT2D eigenvalue weighted by molar-refractivity contribution is -0.194. The van der Waals surface area contributed by atoms with Gasteiger partial charge in [-0.15, -0.1) is 0 Å². The molecule has 1 amide bonds. The van der Waals surface area contributed by atoms with Gasteiger partial charge in [0.25, 0.3) is 0 Å². The monoisotopic (exact) mass is 337 g/mol. The fraction of sp³-hybridized carbons (Fsp3) is 0.286. The Balaban J connectivity index is 1.91. The van der Waals surface area contributed by atoms with E-state index in [1.807, 2.05) is 93.6 Å². The summed E-state index contributed by atoms with van der Waals surface area (Å²) in [5.74, 6) is 0. The van der Waals surface area contributed by atoms with E-state index < -0.39 is 11.7 Å². The zero-order chi connectivity index (χ0) is 17.9. The van der Waals surface area contributed by atoms with Crippen LogP contribution in [0.25, 0.3) is 0 Å². The zero-order valence-corrected chi connectivity index (χ0v) is 14.8. The van der Waals surface area contributed by atoms with Crippen LogP contribution in [0, 0.1) is 0 Å². The van der Waals surface area contributed by atoms with Gasteiger partial charge in [-0.25, -0.2) is 4.79 Å². The highest BCUT2D eigenvalue weighted by Gasteiger charge is 2.34. The number of carbonyl (C=O) groups is 1. The Bertz CT molecular complexity index is 735. The molecule has 4 nitrogen and oxygen atoms in total. The molecule has 0 radical (unpaired) electrons. The summed E-state index contributed by atoms with van der Waals surface area (Å²) in [6, 6.07) is 19.3. The standard InChI is InChI=1S/C21H23NO3/c1-21(2,3)24-20(23)22-18(16-10-6-4-7-11-16)14-15-19(25-22)17-12-8-5-9-13-17/h4-15,18-19H,1-3H3/t18-,19+/m1/s1. The Morgan fingerprint density at radius 3 is 2.04 bits per heavy atom. The fourth-order valence-electron chi connectivity index (χ4n) is 2.68. The predicted octanol–water partition coefficient (Wildman–Crippen LogP) is 5.21. The first-order valence-electron chi connectivity index (χ1n) is 8.41. The fourth-order valence-corrected chi connectivity index (χ4v) is 2.68. The van der Waals surface area contributed by atoms with Crippen molar-refractivity contribution in [2.24, 2.45) is 0 Å². The van der Waals surface area contributed by atoms with Crippen LogP contribution in [-0.2, 0) is 9.57 Å². The molecule has 0 fully saturated rings. The third-order valence-electron chi connectivity index (χ3n) is 3.79. The van der Waals surface area contributed by atoms with Crippen LogP contribution in [0.2, 0.25) is 0 Å². The molecule has 2 atom stereocenters. The lowest BCUT2D eigenvalue weighted by Gasteiger charge is -2.36. The Morgan fingerprint density at radius 2 is 1.48 bits per heavy atom. The molecule has 0 aromatic heterocycles. The highest BCUT2D eigenvalue weighted by molar-refractivity contribution is 5.68. The molecule has 130 valence electrons. The van der Waals surface area contributed by atoms with Crippen LogP contribution in [0.5, 0.6) is 0 Å². The summed E-state index contributed by atoms with van der Waals surface area (Å²) in [6.45, 7) is 5.53. The van der Waals surface area contributed by atoms with Crippen LogP contribution in [0.1, 0.15) is 44.0 Å². The summed E-state index contributed by atoms with van der Waals surface area (Å²) >= 11 is 0. The quantitative estimate of drug-likeness (QED) is 0.706. The molecular weight excluding hydrogens is 314 g/mol. The van der Waals surface area contributed by atoms with E-state index in [1.54, 1.807) is 0 Å². The second kappa shape index (κ2) is 7.11. The average Bonchev–Trinajstić information content (AvgIpc) is 2.61. The summed E-state index contributed by atoms with van der Waals surface area (Å²) in [6.07, 6.45) is 3.15. The molecule has 0 unspecified atom stereocenters. The maximum Gasteiger partial charge on any atom is 0.435 e. The van der Waals surface area contributed by atoms with Gasteiger partial charge in [0.05, 0.1) is 0 Å². The number of ether oxygens (including phenoxy) is 1. The molecule has 0 saturated heterocycles.